The number of halogens is 1. The molecule has 0 bridgehead atoms. The van der Waals surface area contributed by atoms with Crippen molar-refractivity contribution >= 4 is 27.8 Å². The summed E-state index contributed by atoms with van der Waals surface area (Å²) in [5, 5.41) is 9.25. The van der Waals surface area contributed by atoms with E-state index >= 15 is 0 Å². The van der Waals surface area contributed by atoms with Gasteiger partial charge in [0.25, 0.3) is 0 Å². The lowest BCUT2D eigenvalue weighted by Gasteiger charge is -2.44. The number of aromatic nitrogens is 1. The Labute approximate surface area is 146 Å². The second-order valence-corrected chi connectivity index (χ2v) is 7.65. The Kier molecular flexibility index (Phi) is 7.28. The summed E-state index contributed by atoms with van der Waals surface area (Å²) in [7, 11) is 0. The maximum Gasteiger partial charge on any atom is 0.408 e. The van der Waals surface area contributed by atoms with Gasteiger partial charge in [0.2, 0.25) is 0 Å². The average molecular weight is 387 g/mol. The number of hydrogen-bond donors (Lipinski definition) is 3. The summed E-state index contributed by atoms with van der Waals surface area (Å²) < 4.78 is 0.963. The van der Waals surface area contributed by atoms with E-state index in [0.29, 0.717) is 5.82 Å². The minimum Gasteiger partial charge on any atom is -0.465 e. The fourth-order valence-electron chi connectivity index (χ4n) is 2.81. The SMILES string of the molecule is CC(C)(C)N(C(=O)O)[C@H]1CCCC[C@H]1N.Nc1cc(Br)ccn1. The summed E-state index contributed by atoms with van der Waals surface area (Å²) in [5.41, 5.74) is 11.0. The van der Waals surface area contributed by atoms with E-state index in [1.807, 2.05) is 26.8 Å². The lowest BCUT2D eigenvalue weighted by atomic mass is 9.87. The van der Waals surface area contributed by atoms with Gasteiger partial charge in [-0.15, -0.1) is 0 Å². The lowest BCUT2D eigenvalue weighted by molar-refractivity contribution is 0.0491. The van der Waals surface area contributed by atoms with Gasteiger partial charge in [-0.25, -0.2) is 9.78 Å². The van der Waals surface area contributed by atoms with Crippen molar-refractivity contribution in [3.8, 4) is 0 Å². The number of pyridine rings is 1. The van der Waals surface area contributed by atoms with Crippen molar-refractivity contribution in [1.82, 2.24) is 9.88 Å². The number of rotatable bonds is 1. The zero-order chi connectivity index (χ0) is 17.6. The van der Waals surface area contributed by atoms with Gasteiger partial charge in [-0.05, 0) is 45.7 Å². The molecule has 1 saturated carbocycles. The van der Waals surface area contributed by atoms with Crippen LogP contribution in [0, 0.1) is 0 Å². The number of anilines is 1. The molecule has 5 N–H and O–H groups in total. The van der Waals surface area contributed by atoms with Crippen LogP contribution >= 0.6 is 15.9 Å². The molecule has 7 heteroatoms. The van der Waals surface area contributed by atoms with Gasteiger partial charge in [0, 0.05) is 22.3 Å². The molecule has 23 heavy (non-hydrogen) atoms. The van der Waals surface area contributed by atoms with E-state index < -0.39 is 6.09 Å². The standard InChI is InChI=1S/C11H22N2O2.C5H5BrN2/c1-11(2,3)13(10(14)15)9-7-5-4-6-8(9)12;6-4-1-2-8-5(7)3-4/h8-9H,4-7,12H2,1-3H3,(H,14,15);1-3H,(H2,7,8)/t8-,9+;/m1./s1. The highest BCUT2D eigenvalue weighted by atomic mass is 79.9. The van der Waals surface area contributed by atoms with Crippen molar-refractivity contribution in [1.29, 1.82) is 0 Å². The van der Waals surface area contributed by atoms with Crippen LogP contribution in [0.1, 0.15) is 46.5 Å². The first-order valence-electron chi connectivity index (χ1n) is 7.78. The van der Waals surface area contributed by atoms with E-state index in [0.717, 1.165) is 30.2 Å². The van der Waals surface area contributed by atoms with Gasteiger partial charge in [0.15, 0.2) is 0 Å². The molecule has 1 aliphatic carbocycles. The number of carboxylic acid groups (broad SMARTS) is 1. The maximum atomic E-state index is 11.3. The van der Waals surface area contributed by atoms with Crippen LogP contribution in [-0.2, 0) is 0 Å². The number of carbonyl (C=O) groups is 1. The molecule has 1 heterocycles. The minimum atomic E-state index is -0.857. The van der Waals surface area contributed by atoms with Crippen molar-refractivity contribution < 1.29 is 9.90 Å². The van der Waals surface area contributed by atoms with Crippen LogP contribution in [0.2, 0.25) is 0 Å². The molecule has 2 atom stereocenters. The molecule has 0 unspecified atom stereocenters. The second kappa shape index (κ2) is 8.49. The number of nitrogen functional groups attached to an aromatic ring is 1. The van der Waals surface area contributed by atoms with Crippen LogP contribution in [0.5, 0.6) is 0 Å². The largest absolute Gasteiger partial charge is 0.465 e. The Bertz CT molecular complexity index is 502. The van der Waals surface area contributed by atoms with Crippen LogP contribution in [0.15, 0.2) is 22.8 Å². The lowest BCUT2D eigenvalue weighted by Crippen LogP contribution is -2.58. The normalized spacial score (nSPS) is 21.1. The monoisotopic (exact) mass is 386 g/mol. The highest BCUT2D eigenvalue weighted by molar-refractivity contribution is 9.10. The number of nitrogens with two attached hydrogens (primary N) is 2. The van der Waals surface area contributed by atoms with Gasteiger partial charge in [0.05, 0.1) is 6.04 Å². The van der Waals surface area contributed by atoms with Gasteiger partial charge >= 0.3 is 6.09 Å². The van der Waals surface area contributed by atoms with Gasteiger partial charge < -0.3 is 16.6 Å². The van der Waals surface area contributed by atoms with Crippen molar-refractivity contribution in [2.45, 2.75) is 64.1 Å². The summed E-state index contributed by atoms with van der Waals surface area (Å²) >= 11 is 3.24. The van der Waals surface area contributed by atoms with Gasteiger partial charge in [-0.3, -0.25) is 4.90 Å². The maximum absolute atomic E-state index is 11.3. The van der Waals surface area contributed by atoms with Crippen molar-refractivity contribution in [2.24, 2.45) is 5.73 Å². The number of amides is 1. The quantitative estimate of drug-likeness (QED) is 0.684. The highest BCUT2D eigenvalue weighted by Crippen LogP contribution is 2.27. The van der Waals surface area contributed by atoms with Crippen LogP contribution in [0.3, 0.4) is 0 Å². The third-order valence-corrected chi connectivity index (χ3v) is 4.28. The van der Waals surface area contributed by atoms with E-state index in [2.05, 4.69) is 20.9 Å². The van der Waals surface area contributed by atoms with E-state index in [-0.39, 0.29) is 17.6 Å². The third kappa shape index (κ3) is 6.35. The summed E-state index contributed by atoms with van der Waals surface area (Å²) in [6.45, 7) is 5.76. The van der Waals surface area contributed by atoms with Gasteiger partial charge in [0.1, 0.15) is 5.82 Å². The molecule has 1 aliphatic rings. The second-order valence-electron chi connectivity index (χ2n) is 6.74. The Morgan fingerprint density at radius 2 is 2.00 bits per heavy atom. The first-order chi connectivity index (χ1) is 10.6. The molecule has 1 aromatic rings. The number of hydrogen-bond acceptors (Lipinski definition) is 4. The van der Waals surface area contributed by atoms with E-state index in [9.17, 15) is 9.90 Å². The predicted molar refractivity (Wildman–Crippen MR) is 96.2 cm³/mol. The van der Waals surface area contributed by atoms with E-state index in [1.54, 1.807) is 12.3 Å². The Morgan fingerprint density at radius 1 is 1.39 bits per heavy atom. The van der Waals surface area contributed by atoms with Crippen molar-refractivity contribution in [3.05, 3.63) is 22.8 Å². The molecule has 6 nitrogen and oxygen atoms in total. The zero-order valence-corrected chi connectivity index (χ0v) is 15.6. The summed E-state index contributed by atoms with van der Waals surface area (Å²) in [4.78, 5) is 16.6. The summed E-state index contributed by atoms with van der Waals surface area (Å²) in [6, 6.07) is 3.56. The molecular weight excluding hydrogens is 360 g/mol. The first-order valence-corrected chi connectivity index (χ1v) is 8.57. The topological polar surface area (TPSA) is 105 Å². The molecule has 1 aromatic heterocycles. The molecule has 0 radical (unpaired) electrons. The molecule has 1 fully saturated rings. The molecule has 0 saturated heterocycles. The Morgan fingerprint density at radius 3 is 2.39 bits per heavy atom. The molecule has 1 amide bonds. The molecular formula is C16H27BrN4O2. The third-order valence-electron chi connectivity index (χ3n) is 3.79. The van der Waals surface area contributed by atoms with Gasteiger partial charge in [-0.2, -0.15) is 0 Å². The summed E-state index contributed by atoms with van der Waals surface area (Å²) in [6.07, 6.45) is 4.83. The van der Waals surface area contributed by atoms with Crippen LogP contribution in [-0.4, -0.2) is 38.7 Å². The number of nitrogens with zero attached hydrogens (tertiary/aromatic N) is 2. The fraction of sp³-hybridized carbons (Fsp3) is 0.625. The molecule has 130 valence electrons. The molecule has 0 spiro atoms. The Balaban J connectivity index is 0.000000277. The van der Waals surface area contributed by atoms with Crippen LogP contribution in [0.4, 0.5) is 10.6 Å². The average Bonchev–Trinajstić information content (AvgIpc) is 2.40. The zero-order valence-electron chi connectivity index (χ0n) is 14.0. The van der Waals surface area contributed by atoms with Crippen molar-refractivity contribution in [3.63, 3.8) is 0 Å². The van der Waals surface area contributed by atoms with E-state index in [1.165, 1.54) is 4.90 Å². The van der Waals surface area contributed by atoms with Crippen LogP contribution < -0.4 is 11.5 Å². The van der Waals surface area contributed by atoms with Gasteiger partial charge in [-0.1, -0.05) is 28.8 Å². The van der Waals surface area contributed by atoms with Crippen LogP contribution in [0.25, 0.3) is 0 Å². The fourth-order valence-corrected chi connectivity index (χ4v) is 3.16. The minimum absolute atomic E-state index is 0.00549. The smallest absolute Gasteiger partial charge is 0.408 e. The molecule has 0 aromatic carbocycles. The molecule has 2 rings (SSSR count). The Hall–Kier alpha value is -1.34. The first kappa shape index (κ1) is 19.7. The van der Waals surface area contributed by atoms with Crippen molar-refractivity contribution in [2.75, 3.05) is 5.73 Å². The predicted octanol–water partition coefficient (Wildman–Crippen LogP) is 3.46. The summed E-state index contributed by atoms with van der Waals surface area (Å²) in [5.74, 6) is 0.541. The highest BCUT2D eigenvalue weighted by Gasteiger charge is 2.37. The van der Waals surface area contributed by atoms with E-state index in [4.69, 9.17) is 11.5 Å². The molecule has 0 aliphatic heterocycles.